The number of ether oxygens (including phenoxy) is 1. The predicted octanol–water partition coefficient (Wildman–Crippen LogP) is 0.909. The fraction of sp³-hybridized carbons (Fsp3) is 0.389. The van der Waals surface area contributed by atoms with Crippen molar-refractivity contribution in [2.24, 2.45) is 5.73 Å². The van der Waals surface area contributed by atoms with Gasteiger partial charge in [0.1, 0.15) is 12.1 Å². The molecule has 0 aliphatic carbocycles. The van der Waals surface area contributed by atoms with Crippen molar-refractivity contribution >= 4 is 35.7 Å². The molecular formula is C18H24N2O7S. The highest BCUT2D eigenvalue weighted by Gasteiger charge is 2.21. The molecule has 0 spiro atoms. The number of phenolic OH excluding ortho intramolecular Hbond substituents is 1. The van der Waals surface area contributed by atoms with Crippen LogP contribution in [0.5, 0.6) is 11.5 Å². The molecule has 2 unspecified atom stereocenters. The first-order chi connectivity index (χ1) is 13.2. The molecule has 0 aliphatic heterocycles. The number of hydrogen-bond donors (Lipinski definition) is 5. The average molecular weight is 412 g/mol. The van der Waals surface area contributed by atoms with Crippen molar-refractivity contribution < 1.29 is 34.4 Å². The van der Waals surface area contributed by atoms with Gasteiger partial charge in [0, 0.05) is 17.9 Å². The molecule has 0 bridgehead atoms. The number of phenols is 1. The SMILES string of the molecule is COc1cc(C=CCSCC(NC(=O)CCC(N)C(=O)O)C(=O)O)ccc1O. The second-order valence-electron chi connectivity index (χ2n) is 5.81. The lowest BCUT2D eigenvalue weighted by atomic mass is 10.1. The number of rotatable bonds is 12. The largest absolute Gasteiger partial charge is 0.504 e. The van der Waals surface area contributed by atoms with E-state index in [-0.39, 0.29) is 24.3 Å². The molecule has 0 fully saturated rings. The zero-order valence-electron chi connectivity index (χ0n) is 15.3. The van der Waals surface area contributed by atoms with E-state index in [2.05, 4.69) is 5.32 Å². The summed E-state index contributed by atoms with van der Waals surface area (Å²) in [4.78, 5) is 33.7. The Hall–Kier alpha value is -2.72. The number of carboxylic acids is 2. The lowest BCUT2D eigenvalue weighted by Crippen LogP contribution is -2.43. The standard InChI is InChI=1S/C18H24N2O7S/c1-27-15-9-11(4-6-14(15)21)3-2-8-28-10-13(18(25)26)20-16(22)7-5-12(19)17(23)24/h2-4,6,9,12-13,21H,5,7-8,10,19H2,1H3,(H,20,22)(H,23,24)(H,25,26). The summed E-state index contributed by atoms with van der Waals surface area (Å²) >= 11 is 1.31. The Morgan fingerprint density at radius 1 is 1.29 bits per heavy atom. The Morgan fingerprint density at radius 2 is 2.00 bits per heavy atom. The third-order valence-electron chi connectivity index (χ3n) is 3.65. The molecule has 9 nitrogen and oxygen atoms in total. The van der Waals surface area contributed by atoms with E-state index in [0.29, 0.717) is 11.5 Å². The minimum Gasteiger partial charge on any atom is -0.504 e. The molecule has 1 amide bonds. The number of amides is 1. The van der Waals surface area contributed by atoms with Gasteiger partial charge in [0.05, 0.1) is 7.11 Å². The van der Waals surface area contributed by atoms with Crippen molar-refractivity contribution in [3.63, 3.8) is 0 Å². The lowest BCUT2D eigenvalue weighted by Gasteiger charge is -2.14. The highest BCUT2D eigenvalue weighted by atomic mass is 32.2. The molecule has 0 saturated heterocycles. The lowest BCUT2D eigenvalue weighted by molar-refractivity contribution is -0.141. The van der Waals surface area contributed by atoms with Gasteiger partial charge in [0.25, 0.3) is 0 Å². The number of thioether (sulfide) groups is 1. The molecule has 0 radical (unpaired) electrons. The molecule has 2 atom stereocenters. The third kappa shape index (κ3) is 8.31. The van der Waals surface area contributed by atoms with Gasteiger partial charge < -0.3 is 31.1 Å². The number of carbonyl (C=O) groups is 3. The number of benzene rings is 1. The monoisotopic (exact) mass is 412 g/mol. The smallest absolute Gasteiger partial charge is 0.327 e. The van der Waals surface area contributed by atoms with Crippen molar-refractivity contribution in [3.8, 4) is 11.5 Å². The Morgan fingerprint density at radius 3 is 2.61 bits per heavy atom. The van der Waals surface area contributed by atoms with Gasteiger partial charge in [0.15, 0.2) is 11.5 Å². The molecule has 28 heavy (non-hydrogen) atoms. The van der Waals surface area contributed by atoms with Crippen LogP contribution in [0.4, 0.5) is 0 Å². The number of carbonyl (C=O) groups excluding carboxylic acids is 1. The summed E-state index contributed by atoms with van der Waals surface area (Å²) in [5, 5.41) is 29.8. The number of nitrogens with one attached hydrogen (secondary N) is 1. The average Bonchev–Trinajstić information content (AvgIpc) is 2.65. The number of hydrogen-bond acceptors (Lipinski definition) is 7. The second-order valence-corrected chi connectivity index (χ2v) is 6.89. The van der Waals surface area contributed by atoms with Crippen molar-refractivity contribution in [3.05, 3.63) is 29.8 Å². The van der Waals surface area contributed by atoms with Crippen LogP contribution in [0.1, 0.15) is 18.4 Å². The first-order valence-corrected chi connectivity index (χ1v) is 9.52. The van der Waals surface area contributed by atoms with Crippen LogP contribution in [0, 0.1) is 0 Å². The third-order valence-corrected chi connectivity index (χ3v) is 4.64. The van der Waals surface area contributed by atoms with Crippen LogP contribution in [-0.4, -0.2) is 63.9 Å². The van der Waals surface area contributed by atoms with E-state index in [4.69, 9.17) is 15.6 Å². The number of aromatic hydroxyl groups is 1. The number of carboxylic acid groups (broad SMARTS) is 2. The Labute approximate surface area is 166 Å². The van der Waals surface area contributed by atoms with E-state index < -0.39 is 29.9 Å². The molecule has 1 aromatic rings. The van der Waals surface area contributed by atoms with Crippen LogP contribution in [0.25, 0.3) is 6.08 Å². The van der Waals surface area contributed by atoms with E-state index >= 15 is 0 Å². The fourth-order valence-corrected chi connectivity index (χ4v) is 2.92. The van der Waals surface area contributed by atoms with Crippen LogP contribution in [0.2, 0.25) is 0 Å². The van der Waals surface area contributed by atoms with Crippen molar-refractivity contribution in [1.82, 2.24) is 5.32 Å². The first kappa shape index (κ1) is 23.3. The zero-order valence-corrected chi connectivity index (χ0v) is 16.1. The highest BCUT2D eigenvalue weighted by molar-refractivity contribution is 7.99. The molecule has 10 heteroatoms. The maximum absolute atomic E-state index is 11.8. The molecule has 154 valence electrons. The molecular weight excluding hydrogens is 388 g/mol. The van der Waals surface area contributed by atoms with Gasteiger partial charge in [-0.2, -0.15) is 11.8 Å². The van der Waals surface area contributed by atoms with Gasteiger partial charge in [-0.15, -0.1) is 0 Å². The van der Waals surface area contributed by atoms with E-state index in [1.807, 2.05) is 6.08 Å². The summed E-state index contributed by atoms with van der Waals surface area (Å²) < 4.78 is 5.02. The molecule has 1 rings (SSSR count). The predicted molar refractivity (Wildman–Crippen MR) is 105 cm³/mol. The van der Waals surface area contributed by atoms with Crippen molar-refractivity contribution in [2.75, 3.05) is 18.6 Å². The summed E-state index contributed by atoms with van der Waals surface area (Å²) in [5.74, 6) is -1.89. The molecule has 0 heterocycles. The molecule has 6 N–H and O–H groups in total. The Kier molecular flexibility index (Phi) is 9.89. The normalized spacial score (nSPS) is 13.1. The fourth-order valence-electron chi connectivity index (χ4n) is 2.09. The van der Waals surface area contributed by atoms with Gasteiger partial charge in [-0.3, -0.25) is 9.59 Å². The highest BCUT2D eigenvalue weighted by Crippen LogP contribution is 2.26. The van der Waals surface area contributed by atoms with Crippen LogP contribution in [0.15, 0.2) is 24.3 Å². The number of nitrogens with two attached hydrogens (primary N) is 1. The summed E-state index contributed by atoms with van der Waals surface area (Å²) in [7, 11) is 1.45. The Balaban J connectivity index is 2.43. The first-order valence-electron chi connectivity index (χ1n) is 8.36. The molecule has 1 aromatic carbocycles. The number of methoxy groups -OCH3 is 1. The maximum atomic E-state index is 11.8. The van der Waals surface area contributed by atoms with E-state index in [1.165, 1.54) is 24.9 Å². The summed E-state index contributed by atoms with van der Waals surface area (Å²) in [6.45, 7) is 0. The van der Waals surface area contributed by atoms with Gasteiger partial charge in [0.2, 0.25) is 5.91 Å². The minimum absolute atomic E-state index is 0.0402. The van der Waals surface area contributed by atoms with Gasteiger partial charge in [-0.1, -0.05) is 18.2 Å². The van der Waals surface area contributed by atoms with Crippen LogP contribution >= 0.6 is 11.8 Å². The van der Waals surface area contributed by atoms with E-state index in [9.17, 15) is 24.6 Å². The summed E-state index contributed by atoms with van der Waals surface area (Å²) in [5.41, 5.74) is 6.13. The quantitative estimate of drug-likeness (QED) is 0.314. The maximum Gasteiger partial charge on any atom is 0.327 e. The number of aliphatic carboxylic acids is 2. The zero-order chi connectivity index (χ0) is 21.1. The van der Waals surface area contributed by atoms with E-state index in [1.54, 1.807) is 18.2 Å². The topological polar surface area (TPSA) is 159 Å². The van der Waals surface area contributed by atoms with Crippen LogP contribution < -0.4 is 15.8 Å². The second kappa shape index (κ2) is 11.9. The minimum atomic E-state index is -1.21. The van der Waals surface area contributed by atoms with Gasteiger partial charge in [-0.25, -0.2) is 4.79 Å². The van der Waals surface area contributed by atoms with Gasteiger partial charge in [-0.05, 0) is 24.1 Å². The summed E-state index contributed by atoms with van der Waals surface area (Å²) in [6, 6.07) is 2.64. The van der Waals surface area contributed by atoms with Crippen molar-refractivity contribution in [1.29, 1.82) is 0 Å². The van der Waals surface area contributed by atoms with Crippen LogP contribution in [0.3, 0.4) is 0 Å². The van der Waals surface area contributed by atoms with E-state index in [0.717, 1.165) is 5.56 Å². The summed E-state index contributed by atoms with van der Waals surface area (Å²) in [6.07, 6.45) is 3.39. The molecule has 0 aromatic heterocycles. The molecule has 0 aliphatic rings. The molecule has 0 saturated carbocycles. The Bertz CT molecular complexity index is 724. The van der Waals surface area contributed by atoms with Crippen molar-refractivity contribution in [2.45, 2.75) is 24.9 Å². The van der Waals surface area contributed by atoms with Gasteiger partial charge >= 0.3 is 11.9 Å². The van der Waals surface area contributed by atoms with Crippen LogP contribution in [-0.2, 0) is 14.4 Å².